The van der Waals surface area contributed by atoms with E-state index in [2.05, 4.69) is 10.1 Å². The van der Waals surface area contributed by atoms with Gasteiger partial charge in [0, 0.05) is 5.69 Å². The Bertz CT molecular complexity index is 414. The molecule has 0 unspecified atom stereocenters. The fourth-order valence-corrected chi connectivity index (χ4v) is 1.40. The number of rotatable bonds is 1. The maximum Gasteiger partial charge on any atom is 0.573 e. The van der Waals surface area contributed by atoms with Gasteiger partial charge in [0.1, 0.15) is 5.75 Å². The van der Waals surface area contributed by atoms with Crippen molar-refractivity contribution in [2.24, 2.45) is 0 Å². The Balaban J connectivity index is 2.24. The summed E-state index contributed by atoms with van der Waals surface area (Å²) in [4.78, 5) is 10.9. The number of nitrogens with one attached hydrogen (secondary N) is 1. The van der Waals surface area contributed by atoms with Gasteiger partial charge in [-0.25, -0.2) is 0 Å². The lowest BCUT2D eigenvalue weighted by Crippen LogP contribution is -2.17. The van der Waals surface area contributed by atoms with Crippen molar-refractivity contribution in [1.29, 1.82) is 0 Å². The van der Waals surface area contributed by atoms with Crippen LogP contribution in [-0.4, -0.2) is 12.3 Å². The van der Waals surface area contributed by atoms with Crippen molar-refractivity contribution in [2.45, 2.75) is 12.8 Å². The summed E-state index contributed by atoms with van der Waals surface area (Å²) in [5, 5.41) is 2.51. The van der Waals surface area contributed by atoms with Gasteiger partial charge in [-0.3, -0.25) is 4.79 Å². The van der Waals surface area contributed by atoms with Crippen molar-refractivity contribution in [2.75, 3.05) is 5.32 Å². The maximum absolute atomic E-state index is 11.9. The lowest BCUT2D eigenvalue weighted by molar-refractivity contribution is -0.274. The van der Waals surface area contributed by atoms with Gasteiger partial charge in [-0.1, -0.05) is 0 Å². The smallest absolute Gasteiger partial charge is 0.406 e. The minimum atomic E-state index is -4.70. The molecule has 2 rings (SSSR count). The highest BCUT2D eigenvalue weighted by molar-refractivity contribution is 5.99. The van der Waals surface area contributed by atoms with Crippen LogP contribution in [0, 0.1) is 0 Å². The number of hydrogen-bond donors (Lipinski definition) is 1. The summed E-state index contributed by atoms with van der Waals surface area (Å²) in [5.74, 6) is -0.535. The molecule has 0 fully saturated rings. The lowest BCUT2D eigenvalue weighted by Gasteiger charge is -2.09. The average Bonchev–Trinajstić information content (AvgIpc) is 2.40. The molecule has 1 N–H and O–H groups in total. The second-order valence-electron chi connectivity index (χ2n) is 3.09. The minimum absolute atomic E-state index is 0.0877. The third kappa shape index (κ3) is 2.20. The molecule has 0 spiro atoms. The van der Waals surface area contributed by atoms with E-state index in [0.717, 1.165) is 6.07 Å². The van der Waals surface area contributed by atoms with Gasteiger partial charge in [0.05, 0.1) is 6.42 Å². The van der Waals surface area contributed by atoms with Crippen molar-refractivity contribution in [3.05, 3.63) is 23.8 Å². The Hall–Kier alpha value is -1.72. The first-order valence-corrected chi connectivity index (χ1v) is 4.12. The molecule has 0 saturated carbocycles. The molecule has 0 aromatic heterocycles. The topological polar surface area (TPSA) is 38.3 Å². The minimum Gasteiger partial charge on any atom is -0.406 e. The zero-order valence-corrected chi connectivity index (χ0v) is 7.39. The third-order valence-electron chi connectivity index (χ3n) is 1.94. The summed E-state index contributed by atoms with van der Waals surface area (Å²) in [7, 11) is 0. The van der Waals surface area contributed by atoms with Crippen LogP contribution in [0.25, 0.3) is 0 Å². The van der Waals surface area contributed by atoms with Gasteiger partial charge in [-0.05, 0) is 23.8 Å². The summed E-state index contributed by atoms with van der Waals surface area (Å²) in [6.45, 7) is 0. The van der Waals surface area contributed by atoms with E-state index in [9.17, 15) is 18.0 Å². The van der Waals surface area contributed by atoms with Gasteiger partial charge in [-0.15, -0.1) is 13.2 Å². The highest BCUT2D eigenvalue weighted by Crippen LogP contribution is 2.30. The van der Waals surface area contributed by atoms with Crippen LogP contribution in [0.2, 0.25) is 0 Å². The largest absolute Gasteiger partial charge is 0.573 e. The van der Waals surface area contributed by atoms with Crippen LogP contribution >= 0.6 is 0 Å². The molecule has 0 atom stereocenters. The molecule has 0 radical (unpaired) electrons. The summed E-state index contributed by atoms with van der Waals surface area (Å²) < 4.78 is 39.3. The molecule has 6 heteroatoms. The second kappa shape index (κ2) is 3.15. The molecule has 0 aliphatic carbocycles. The average molecular weight is 217 g/mol. The Morgan fingerprint density at radius 3 is 2.73 bits per heavy atom. The van der Waals surface area contributed by atoms with E-state index in [0.29, 0.717) is 11.3 Å². The first kappa shape index (κ1) is 9.82. The number of carbonyl (C=O) groups is 1. The summed E-state index contributed by atoms with van der Waals surface area (Å²) in [5.41, 5.74) is 1.05. The monoisotopic (exact) mass is 217 g/mol. The number of carbonyl (C=O) groups excluding carboxylic acids is 1. The van der Waals surface area contributed by atoms with E-state index >= 15 is 0 Å². The quantitative estimate of drug-likeness (QED) is 0.782. The maximum atomic E-state index is 11.9. The molecular weight excluding hydrogens is 211 g/mol. The van der Waals surface area contributed by atoms with E-state index in [-0.39, 0.29) is 18.1 Å². The van der Waals surface area contributed by atoms with Gasteiger partial charge < -0.3 is 10.1 Å². The van der Waals surface area contributed by atoms with Crippen molar-refractivity contribution >= 4 is 11.6 Å². The standard InChI is InChI=1S/C9H6F3NO2/c10-9(11,12)15-6-1-2-7-5(3-6)4-8(14)13-7/h1-3H,4H2,(H,13,14). The molecular formula is C9H6F3NO2. The number of fused-ring (bicyclic) bond motifs is 1. The fraction of sp³-hybridized carbons (Fsp3) is 0.222. The number of halogens is 3. The van der Waals surface area contributed by atoms with Gasteiger partial charge in [0.2, 0.25) is 5.91 Å². The first-order chi connectivity index (χ1) is 6.94. The Labute approximate surface area is 82.8 Å². The van der Waals surface area contributed by atoms with Crippen LogP contribution in [-0.2, 0) is 11.2 Å². The molecule has 0 saturated heterocycles. The predicted molar refractivity (Wildman–Crippen MR) is 45.5 cm³/mol. The van der Waals surface area contributed by atoms with E-state index in [1.165, 1.54) is 12.1 Å². The van der Waals surface area contributed by atoms with E-state index < -0.39 is 6.36 Å². The van der Waals surface area contributed by atoms with E-state index in [1.807, 2.05) is 0 Å². The van der Waals surface area contributed by atoms with Crippen LogP contribution < -0.4 is 10.1 Å². The predicted octanol–water partition coefficient (Wildman–Crippen LogP) is 2.08. The number of hydrogen-bond acceptors (Lipinski definition) is 2. The highest BCUT2D eigenvalue weighted by atomic mass is 19.4. The van der Waals surface area contributed by atoms with Crippen LogP contribution in [0.3, 0.4) is 0 Å². The Kier molecular flexibility index (Phi) is 2.06. The highest BCUT2D eigenvalue weighted by Gasteiger charge is 2.31. The van der Waals surface area contributed by atoms with E-state index in [1.54, 1.807) is 0 Å². The third-order valence-corrected chi connectivity index (χ3v) is 1.94. The molecule has 3 nitrogen and oxygen atoms in total. The fourth-order valence-electron chi connectivity index (χ4n) is 1.40. The zero-order chi connectivity index (χ0) is 11.1. The van der Waals surface area contributed by atoms with Crippen molar-refractivity contribution in [1.82, 2.24) is 0 Å². The molecule has 15 heavy (non-hydrogen) atoms. The van der Waals surface area contributed by atoms with Gasteiger partial charge in [0.25, 0.3) is 0 Å². The van der Waals surface area contributed by atoms with Crippen molar-refractivity contribution in [3.63, 3.8) is 0 Å². The Morgan fingerprint density at radius 2 is 2.07 bits per heavy atom. The summed E-state index contributed by atoms with van der Waals surface area (Å²) in [6, 6.07) is 3.76. The lowest BCUT2D eigenvalue weighted by atomic mass is 10.1. The van der Waals surface area contributed by atoms with Gasteiger partial charge in [0.15, 0.2) is 0 Å². The molecule has 1 aromatic rings. The number of ether oxygens (including phenoxy) is 1. The van der Waals surface area contributed by atoms with Crippen molar-refractivity contribution in [3.8, 4) is 5.75 Å². The zero-order valence-electron chi connectivity index (χ0n) is 7.39. The molecule has 1 aliphatic heterocycles. The van der Waals surface area contributed by atoms with Crippen LogP contribution in [0.15, 0.2) is 18.2 Å². The number of anilines is 1. The van der Waals surface area contributed by atoms with Crippen LogP contribution in [0.5, 0.6) is 5.75 Å². The molecule has 1 aromatic carbocycles. The molecule has 1 heterocycles. The SMILES string of the molecule is O=C1Cc2cc(OC(F)(F)F)ccc2N1. The molecule has 1 amide bonds. The molecule has 0 bridgehead atoms. The second-order valence-corrected chi connectivity index (χ2v) is 3.09. The summed E-state index contributed by atoms with van der Waals surface area (Å²) in [6.07, 6.45) is -4.62. The van der Waals surface area contributed by atoms with Crippen molar-refractivity contribution < 1.29 is 22.7 Å². The van der Waals surface area contributed by atoms with Gasteiger partial charge >= 0.3 is 6.36 Å². The van der Waals surface area contributed by atoms with Crippen LogP contribution in [0.4, 0.5) is 18.9 Å². The first-order valence-electron chi connectivity index (χ1n) is 4.12. The summed E-state index contributed by atoms with van der Waals surface area (Å²) >= 11 is 0. The molecule has 1 aliphatic rings. The molecule has 80 valence electrons. The van der Waals surface area contributed by atoms with E-state index in [4.69, 9.17) is 0 Å². The van der Waals surface area contributed by atoms with Gasteiger partial charge in [-0.2, -0.15) is 0 Å². The Morgan fingerprint density at radius 1 is 1.33 bits per heavy atom. The normalized spacial score (nSPS) is 14.7. The van der Waals surface area contributed by atoms with Crippen LogP contribution in [0.1, 0.15) is 5.56 Å². The number of amides is 1. The number of benzene rings is 1. The number of alkyl halides is 3.